The van der Waals surface area contributed by atoms with Gasteiger partial charge in [-0.1, -0.05) is 6.92 Å². The highest BCUT2D eigenvalue weighted by molar-refractivity contribution is 5.93. The average molecular weight is 288 g/mol. The molecule has 1 aromatic heterocycles. The summed E-state index contributed by atoms with van der Waals surface area (Å²) >= 11 is 0. The fourth-order valence-electron chi connectivity index (χ4n) is 3.97. The first-order chi connectivity index (χ1) is 10.3. The van der Waals surface area contributed by atoms with Gasteiger partial charge in [-0.15, -0.1) is 0 Å². The van der Waals surface area contributed by atoms with Gasteiger partial charge in [-0.05, 0) is 50.1 Å². The van der Waals surface area contributed by atoms with Crippen molar-refractivity contribution in [1.82, 2.24) is 20.0 Å². The molecule has 4 rings (SSSR count). The average Bonchev–Trinajstić information content (AvgIpc) is 2.84. The number of hydrogen-bond acceptors (Lipinski definition) is 3. The molecule has 3 fully saturated rings. The van der Waals surface area contributed by atoms with E-state index in [9.17, 15) is 4.79 Å². The molecule has 1 aliphatic heterocycles. The summed E-state index contributed by atoms with van der Waals surface area (Å²) < 4.78 is 1.93. The number of likely N-dealkylation sites (tertiary alicyclic amines) is 1. The molecule has 3 atom stereocenters. The Balaban J connectivity index is 1.35. The molecule has 0 aromatic carbocycles. The van der Waals surface area contributed by atoms with Crippen LogP contribution in [0.1, 0.15) is 49.1 Å². The van der Waals surface area contributed by atoms with Gasteiger partial charge in [-0.2, -0.15) is 5.10 Å². The highest BCUT2D eigenvalue weighted by atomic mass is 16.2. The van der Waals surface area contributed by atoms with Crippen molar-refractivity contribution < 1.29 is 4.79 Å². The van der Waals surface area contributed by atoms with Gasteiger partial charge in [0.15, 0.2) is 0 Å². The van der Waals surface area contributed by atoms with Crippen molar-refractivity contribution in [2.45, 2.75) is 44.7 Å². The second-order valence-corrected chi connectivity index (χ2v) is 6.83. The second-order valence-electron chi connectivity index (χ2n) is 6.83. The van der Waals surface area contributed by atoms with E-state index in [2.05, 4.69) is 22.2 Å². The summed E-state index contributed by atoms with van der Waals surface area (Å²) in [5, 5.41) is 7.58. The number of carbonyl (C=O) groups excluding carboxylic acids is 1. The van der Waals surface area contributed by atoms with Crippen LogP contribution in [0.3, 0.4) is 0 Å². The molecule has 3 aliphatic rings. The van der Waals surface area contributed by atoms with Crippen molar-refractivity contribution in [3.05, 3.63) is 18.0 Å². The van der Waals surface area contributed by atoms with Crippen LogP contribution in [0.15, 0.2) is 12.3 Å². The summed E-state index contributed by atoms with van der Waals surface area (Å²) in [4.78, 5) is 15.0. The van der Waals surface area contributed by atoms with Gasteiger partial charge in [0.1, 0.15) is 5.69 Å². The Hall–Kier alpha value is -1.36. The highest BCUT2D eigenvalue weighted by Gasteiger charge is 2.56. The molecule has 0 radical (unpaired) electrons. The summed E-state index contributed by atoms with van der Waals surface area (Å²) in [6, 6.07) is 2.70. The number of hydrogen-bond donors (Lipinski definition) is 1. The van der Waals surface area contributed by atoms with Crippen LogP contribution in [0.4, 0.5) is 0 Å². The maximum absolute atomic E-state index is 12.5. The molecule has 5 nitrogen and oxygen atoms in total. The van der Waals surface area contributed by atoms with Crippen LogP contribution >= 0.6 is 0 Å². The maximum atomic E-state index is 12.5. The molecule has 114 valence electrons. The lowest BCUT2D eigenvalue weighted by Crippen LogP contribution is -2.36. The molecule has 0 bridgehead atoms. The molecular weight excluding hydrogens is 264 g/mol. The summed E-state index contributed by atoms with van der Waals surface area (Å²) in [5.41, 5.74) is 0.745. The SMILES string of the molecule is CCCN1C[C@@H]2C(NC(=O)c3ccnn3C3CCC3)[C@@H]2C1. The third kappa shape index (κ3) is 2.27. The van der Waals surface area contributed by atoms with Crippen LogP contribution in [-0.2, 0) is 0 Å². The molecule has 1 amide bonds. The zero-order chi connectivity index (χ0) is 14.4. The maximum Gasteiger partial charge on any atom is 0.269 e. The largest absolute Gasteiger partial charge is 0.347 e. The van der Waals surface area contributed by atoms with Crippen LogP contribution < -0.4 is 5.32 Å². The molecule has 5 heteroatoms. The third-order valence-corrected chi connectivity index (χ3v) is 5.43. The minimum atomic E-state index is 0.0702. The van der Waals surface area contributed by atoms with E-state index < -0.39 is 0 Å². The van der Waals surface area contributed by atoms with Crippen LogP contribution in [-0.4, -0.2) is 46.3 Å². The molecule has 1 saturated heterocycles. The quantitative estimate of drug-likeness (QED) is 0.897. The lowest BCUT2D eigenvalue weighted by atomic mass is 9.93. The lowest BCUT2D eigenvalue weighted by molar-refractivity contribution is 0.0924. The highest BCUT2D eigenvalue weighted by Crippen LogP contribution is 2.45. The summed E-state index contributed by atoms with van der Waals surface area (Å²) in [7, 11) is 0. The summed E-state index contributed by atoms with van der Waals surface area (Å²) in [6.07, 6.45) is 6.54. The first-order valence-electron chi connectivity index (χ1n) is 8.34. The number of nitrogens with one attached hydrogen (secondary N) is 1. The minimum absolute atomic E-state index is 0.0702. The molecule has 0 spiro atoms. The molecule has 1 aromatic rings. The Morgan fingerprint density at radius 2 is 2.14 bits per heavy atom. The first kappa shape index (κ1) is 13.3. The smallest absolute Gasteiger partial charge is 0.269 e. The fourth-order valence-corrected chi connectivity index (χ4v) is 3.97. The van der Waals surface area contributed by atoms with Crippen LogP contribution in [0.2, 0.25) is 0 Å². The van der Waals surface area contributed by atoms with Crippen molar-refractivity contribution in [2.75, 3.05) is 19.6 Å². The van der Waals surface area contributed by atoms with E-state index >= 15 is 0 Å². The van der Waals surface area contributed by atoms with E-state index in [0.29, 0.717) is 23.9 Å². The number of carbonyl (C=O) groups is 1. The normalized spacial score (nSPS) is 31.8. The van der Waals surface area contributed by atoms with Crippen molar-refractivity contribution >= 4 is 5.91 Å². The van der Waals surface area contributed by atoms with Gasteiger partial charge in [0.25, 0.3) is 5.91 Å². The summed E-state index contributed by atoms with van der Waals surface area (Å²) in [5.74, 6) is 1.43. The van der Waals surface area contributed by atoms with E-state index in [1.165, 1.54) is 19.4 Å². The van der Waals surface area contributed by atoms with Crippen molar-refractivity contribution in [2.24, 2.45) is 11.8 Å². The zero-order valence-electron chi connectivity index (χ0n) is 12.7. The van der Waals surface area contributed by atoms with Crippen molar-refractivity contribution in [1.29, 1.82) is 0 Å². The molecule has 2 heterocycles. The van der Waals surface area contributed by atoms with Gasteiger partial charge in [-0.3, -0.25) is 9.48 Å². The van der Waals surface area contributed by atoms with Crippen LogP contribution in [0.25, 0.3) is 0 Å². The third-order valence-electron chi connectivity index (χ3n) is 5.43. The van der Waals surface area contributed by atoms with Gasteiger partial charge in [0.05, 0.1) is 6.04 Å². The molecule has 2 aliphatic carbocycles. The monoisotopic (exact) mass is 288 g/mol. The van der Waals surface area contributed by atoms with E-state index in [1.807, 2.05) is 10.7 Å². The van der Waals surface area contributed by atoms with E-state index in [1.54, 1.807) is 6.20 Å². The van der Waals surface area contributed by atoms with E-state index in [-0.39, 0.29) is 5.91 Å². The number of amides is 1. The Kier molecular flexibility index (Phi) is 3.25. The molecule has 21 heavy (non-hydrogen) atoms. The number of piperidine rings is 1. The molecule has 1 unspecified atom stereocenters. The minimum Gasteiger partial charge on any atom is -0.347 e. The fraction of sp³-hybridized carbons (Fsp3) is 0.750. The molecule has 1 N–H and O–H groups in total. The second kappa shape index (κ2) is 5.13. The standard InChI is InChI=1S/C16H24N4O/c1-2-8-19-9-12-13(10-19)15(12)18-16(21)14-6-7-17-20(14)11-4-3-5-11/h6-7,11-13,15H,2-5,8-10H2,1H3,(H,18,21)/t12-,13+,15?. The van der Waals surface area contributed by atoms with Gasteiger partial charge in [0.2, 0.25) is 0 Å². The molecular formula is C16H24N4O. The molecule has 2 saturated carbocycles. The Morgan fingerprint density at radius 1 is 1.38 bits per heavy atom. The van der Waals surface area contributed by atoms with Crippen LogP contribution in [0.5, 0.6) is 0 Å². The number of rotatable bonds is 5. The van der Waals surface area contributed by atoms with Gasteiger partial charge < -0.3 is 10.2 Å². The Bertz CT molecular complexity index is 524. The Morgan fingerprint density at radius 3 is 2.76 bits per heavy atom. The van der Waals surface area contributed by atoms with E-state index in [0.717, 1.165) is 31.6 Å². The Labute approximate surface area is 125 Å². The predicted octanol–water partition coefficient (Wildman–Crippen LogP) is 1.68. The van der Waals surface area contributed by atoms with E-state index in [4.69, 9.17) is 0 Å². The van der Waals surface area contributed by atoms with Crippen molar-refractivity contribution in [3.8, 4) is 0 Å². The number of fused-ring (bicyclic) bond motifs is 1. The predicted molar refractivity (Wildman–Crippen MR) is 80.1 cm³/mol. The topological polar surface area (TPSA) is 50.2 Å². The summed E-state index contributed by atoms with van der Waals surface area (Å²) in [6.45, 7) is 5.74. The van der Waals surface area contributed by atoms with Gasteiger partial charge in [0, 0.05) is 25.3 Å². The van der Waals surface area contributed by atoms with Gasteiger partial charge in [-0.25, -0.2) is 0 Å². The first-order valence-corrected chi connectivity index (χ1v) is 8.34. The zero-order valence-corrected chi connectivity index (χ0v) is 12.7. The van der Waals surface area contributed by atoms with Crippen LogP contribution in [0, 0.1) is 11.8 Å². The number of aromatic nitrogens is 2. The van der Waals surface area contributed by atoms with Gasteiger partial charge >= 0.3 is 0 Å². The van der Waals surface area contributed by atoms with Crippen molar-refractivity contribution in [3.63, 3.8) is 0 Å². The number of nitrogens with zero attached hydrogens (tertiary/aromatic N) is 3. The lowest BCUT2D eigenvalue weighted by Gasteiger charge is -2.27.